The molecule has 0 atom stereocenters. The summed E-state index contributed by atoms with van der Waals surface area (Å²) in [7, 11) is 0. The van der Waals surface area contributed by atoms with Crippen LogP contribution in [0.5, 0.6) is 12.0 Å². The molecule has 0 aliphatic carbocycles. The maximum atomic E-state index is 13.1. The first-order valence-corrected chi connectivity index (χ1v) is 9.82. The molecule has 0 bridgehead atoms. The third kappa shape index (κ3) is 6.24. The monoisotopic (exact) mass is 416 g/mol. The van der Waals surface area contributed by atoms with Crippen LogP contribution in [0.1, 0.15) is 16.7 Å². The van der Waals surface area contributed by atoms with Gasteiger partial charge in [-0.25, -0.2) is 4.39 Å². The van der Waals surface area contributed by atoms with Crippen molar-refractivity contribution >= 4 is 5.95 Å². The Morgan fingerprint density at radius 2 is 1.13 bits per heavy atom. The van der Waals surface area contributed by atoms with Gasteiger partial charge in [0.25, 0.3) is 0 Å². The Morgan fingerprint density at radius 3 is 1.65 bits per heavy atom. The fourth-order valence-corrected chi connectivity index (χ4v) is 2.77. The van der Waals surface area contributed by atoms with Crippen molar-refractivity contribution in [2.45, 2.75) is 19.8 Å². The van der Waals surface area contributed by atoms with E-state index in [-0.39, 0.29) is 17.8 Å². The highest BCUT2D eigenvalue weighted by Crippen LogP contribution is 2.17. The van der Waals surface area contributed by atoms with E-state index in [0.717, 1.165) is 16.7 Å². The van der Waals surface area contributed by atoms with E-state index in [9.17, 15) is 4.39 Å². The second-order valence-electron chi connectivity index (χ2n) is 6.75. The Bertz CT molecular complexity index is 1030. The minimum atomic E-state index is -0.280. The number of hydrogen-bond acceptors (Lipinski definition) is 6. The molecule has 4 rings (SSSR count). The second-order valence-corrected chi connectivity index (χ2v) is 6.75. The smallest absolute Gasteiger partial charge is 0.324 e. The summed E-state index contributed by atoms with van der Waals surface area (Å²) in [6, 6.07) is 26.0. The summed E-state index contributed by atoms with van der Waals surface area (Å²) in [5.41, 5.74) is 2.88. The highest BCUT2D eigenvalue weighted by Gasteiger charge is 2.10. The molecular formula is C24H21FN4O2. The molecule has 0 amide bonds. The van der Waals surface area contributed by atoms with E-state index in [2.05, 4.69) is 20.3 Å². The molecule has 0 saturated carbocycles. The van der Waals surface area contributed by atoms with Crippen molar-refractivity contribution in [2.24, 2.45) is 0 Å². The van der Waals surface area contributed by atoms with Crippen LogP contribution in [0.25, 0.3) is 0 Å². The van der Waals surface area contributed by atoms with Crippen LogP contribution >= 0.6 is 0 Å². The van der Waals surface area contributed by atoms with E-state index in [1.54, 1.807) is 12.1 Å². The molecule has 156 valence electrons. The molecule has 7 heteroatoms. The predicted molar refractivity (Wildman–Crippen MR) is 115 cm³/mol. The van der Waals surface area contributed by atoms with E-state index in [1.807, 2.05) is 60.7 Å². The highest BCUT2D eigenvalue weighted by atomic mass is 19.1. The molecule has 3 aromatic carbocycles. The number of halogens is 1. The average molecular weight is 416 g/mol. The lowest BCUT2D eigenvalue weighted by atomic mass is 10.2. The van der Waals surface area contributed by atoms with Crippen molar-refractivity contribution in [3.63, 3.8) is 0 Å². The molecule has 1 aromatic heterocycles. The molecule has 4 aromatic rings. The second kappa shape index (κ2) is 10.2. The van der Waals surface area contributed by atoms with Crippen LogP contribution in [0.2, 0.25) is 0 Å². The van der Waals surface area contributed by atoms with Crippen molar-refractivity contribution in [1.29, 1.82) is 0 Å². The number of ether oxygens (including phenoxy) is 2. The van der Waals surface area contributed by atoms with Gasteiger partial charge in [-0.1, -0.05) is 72.8 Å². The van der Waals surface area contributed by atoms with Crippen LogP contribution < -0.4 is 14.8 Å². The maximum Gasteiger partial charge on any atom is 0.324 e. The molecular weight excluding hydrogens is 395 g/mol. The highest BCUT2D eigenvalue weighted by molar-refractivity contribution is 5.30. The Morgan fingerprint density at radius 1 is 0.613 bits per heavy atom. The van der Waals surface area contributed by atoms with Gasteiger partial charge < -0.3 is 14.8 Å². The van der Waals surface area contributed by atoms with Gasteiger partial charge in [-0.3, -0.25) is 0 Å². The van der Waals surface area contributed by atoms with Crippen LogP contribution in [0.3, 0.4) is 0 Å². The Kier molecular flexibility index (Phi) is 6.64. The number of nitrogens with zero attached hydrogens (tertiary/aromatic N) is 3. The number of rotatable bonds is 9. The first kappa shape index (κ1) is 20.3. The SMILES string of the molecule is Fc1ccc(CNc2nc(OCc3ccccc3)nc(OCc3ccccc3)n2)cc1. The molecule has 0 aliphatic rings. The zero-order chi connectivity index (χ0) is 21.3. The Labute approximate surface area is 179 Å². The fraction of sp³-hybridized carbons (Fsp3) is 0.125. The van der Waals surface area contributed by atoms with Gasteiger partial charge in [0.2, 0.25) is 5.95 Å². The van der Waals surface area contributed by atoms with Crippen molar-refractivity contribution in [2.75, 3.05) is 5.32 Å². The molecule has 6 nitrogen and oxygen atoms in total. The van der Waals surface area contributed by atoms with Crippen molar-refractivity contribution < 1.29 is 13.9 Å². The van der Waals surface area contributed by atoms with E-state index in [0.29, 0.717) is 25.7 Å². The summed E-state index contributed by atoms with van der Waals surface area (Å²) < 4.78 is 24.6. The van der Waals surface area contributed by atoms with Crippen LogP contribution in [0.4, 0.5) is 10.3 Å². The number of anilines is 1. The van der Waals surface area contributed by atoms with Crippen LogP contribution in [0, 0.1) is 5.82 Å². The first-order valence-electron chi connectivity index (χ1n) is 9.82. The topological polar surface area (TPSA) is 69.2 Å². The van der Waals surface area contributed by atoms with E-state index >= 15 is 0 Å². The van der Waals surface area contributed by atoms with E-state index in [4.69, 9.17) is 9.47 Å². The molecule has 31 heavy (non-hydrogen) atoms. The maximum absolute atomic E-state index is 13.1. The molecule has 0 unspecified atom stereocenters. The van der Waals surface area contributed by atoms with Gasteiger partial charge in [0.1, 0.15) is 19.0 Å². The van der Waals surface area contributed by atoms with Gasteiger partial charge in [0, 0.05) is 6.54 Å². The zero-order valence-corrected chi connectivity index (χ0v) is 16.7. The Balaban J connectivity index is 1.48. The summed E-state index contributed by atoms with van der Waals surface area (Å²) in [4.78, 5) is 12.9. The predicted octanol–water partition coefficient (Wildman–Crippen LogP) is 4.78. The first-order chi connectivity index (χ1) is 15.2. The lowest BCUT2D eigenvalue weighted by Gasteiger charge is -2.11. The summed E-state index contributed by atoms with van der Waals surface area (Å²) in [6.07, 6.45) is 0. The fourth-order valence-electron chi connectivity index (χ4n) is 2.77. The van der Waals surface area contributed by atoms with Gasteiger partial charge >= 0.3 is 12.0 Å². The minimum Gasteiger partial charge on any atom is -0.458 e. The lowest BCUT2D eigenvalue weighted by Crippen LogP contribution is -2.09. The molecule has 0 aliphatic heterocycles. The van der Waals surface area contributed by atoms with Crippen LogP contribution in [-0.4, -0.2) is 15.0 Å². The molecule has 0 radical (unpaired) electrons. The molecule has 1 N–H and O–H groups in total. The normalized spacial score (nSPS) is 10.5. The van der Waals surface area contributed by atoms with Gasteiger partial charge in [0.05, 0.1) is 0 Å². The average Bonchev–Trinajstić information content (AvgIpc) is 2.82. The number of nitrogens with one attached hydrogen (secondary N) is 1. The number of hydrogen-bond donors (Lipinski definition) is 1. The van der Waals surface area contributed by atoms with Crippen LogP contribution in [-0.2, 0) is 19.8 Å². The molecule has 0 fully saturated rings. The number of benzene rings is 3. The molecule has 0 spiro atoms. The van der Waals surface area contributed by atoms with Gasteiger partial charge in [-0.15, -0.1) is 4.98 Å². The summed E-state index contributed by atoms with van der Waals surface area (Å²) in [5, 5.41) is 3.11. The number of aromatic nitrogens is 3. The minimum absolute atomic E-state index is 0.156. The largest absolute Gasteiger partial charge is 0.458 e. The van der Waals surface area contributed by atoms with Gasteiger partial charge in [-0.2, -0.15) is 9.97 Å². The summed E-state index contributed by atoms with van der Waals surface area (Å²) >= 11 is 0. The summed E-state index contributed by atoms with van der Waals surface area (Å²) in [6.45, 7) is 1.06. The van der Waals surface area contributed by atoms with Crippen molar-refractivity contribution in [3.05, 3.63) is 107 Å². The van der Waals surface area contributed by atoms with Gasteiger partial charge in [-0.05, 0) is 28.8 Å². The lowest BCUT2D eigenvalue weighted by molar-refractivity contribution is 0.250. The molecule has 1 heterocycles. The van der Waals surface area contributed by atoms with Crippen molar-refractivity contribution in [3.8, 4) is 12.0 Å². The zero-order valence-electron chi connectivity index (χ0n) is 16.7. The quantitative estimate of drug-likeness (QED) is 0.423. The van der Waals surface area contributed by atoms with Crippen LogP contribution in [0.15, 0.2) is 84.9 Å². The van der Waals surface area contributed by atoms with E-state index in [1.165, 1.54) is 12.1 Å². The van der Waals surface area contributed by atoms with Gasteiger partial charge in [0.15, 0.2) is 0 Å². The Hall–Kier alpha value is -4.00. The van der Waals surface area contributed by atoms with E-state index < -0.39 is 0 Å². The third-order valence-corrected chi connectivity index (χ3v) is 4.38. The summed E-state index contributed by atoms with van der Waals surface area (Å²) in [5.74, 6) is 0.0301. The molecule has 0 saturated heterocycles. The third-order valence-electron chi connectivity index (χ3n) is 4.38. The van der Waals surface area contributed by atoms with Crippen molar-refractivity contribution in [1.82, 2.24) is 15.0 Å². The standard InChI is InChI=1S/C24H21FN4O2/c25-21-13-11-18(12-14-21)15-26-22-27-23(30-16-19-7-3-1-4-8-19)29-24(28-22)31-17-20-9-5-2-6-10-20/h1-14H,15-17H2,(H,26,27,28,29).